The van der Waals surface area contributed by atoms with Gasteiger partial charge in [0.15, 0.2) is 0 Å². The van der Waals surface area contributed by atoms with Gasteiger partial charge >= 0.3 is 6.03 Å². The molecule has 0 spiro atoms. The normalized spacial score (nSPS) is 17.9. The van der Waals surface area contributed by atoms with Gasteiger partial charge < -0.3 is 20.9 Å². The van der Waals surface area contributed by atoms with E-state index in [1.165, 1.54) is 12.8 Å². The first-order valence-corrected chi connectivity index (χ1v) is 9.83. The zero-order valence-corrected chi connectivity index (χ0v) is 15.4. The third-order valence-electron chi connectivity index (χ3n) is 5.30. The van der Waals surface area contributed by atoms with E-state index in [4.69, 9.17) is 0 Å². The molecule has 0 aliphatic carbocycles. The van der Waals surface area contributed by atoms with Gasteiger partial charge in [-0.3, -0.25) is 4.79 Å². The fourth-order valence-electron chi connectivity index (χ4n) is 3.68. The van der Waals surface area contributed by atoms with Gasteiger partial charge in [0.05, 0.1) is 0 Å². The molecular weight excluding hydrogens is 328 g/mol. The standard InChI is InChI=1S/C20H30N4O2/c25-19(7-6-16-8-10-21-11-9-16)22-15-17-4-3-5-18(14-17)23-20(26)24-12-1-2-13-24/h3-5,14,16,21H,1-2,6-13,15H2,(H,22,25)(H,23,26). The first-order valence-electron chi connectivity index (χ1n) is 9.83. The summed E-state index contributed by atoms with van der Waals surface area (Å²) in [7, 11) is 0. The summed E-state index contributed by atoms with van der Waals surface area (Å²) in [5.41, 5.74) is 1.78. The molecule has 6 heteroatoms. The van der Waals surface area contributed by atoms with Gasteiger partial charge in [-0.05, 0) is 68.8 Å². The number of hydrogen-bond donors (Lipinski definition) is 3. The van der Waals surface area contributed by atoms with E-state index in [2.05, 4.69) is 16.0 Å². The number of likely N-dealkylation sites (tertiary alicyclic amines) is 1. The zero-order chi connectivity index (χ0) is 18.2. The van der Waals surface area contributed by atoms with Crippen LogP contribution in [-0.2, 0) is 11.3 Å². The van der Waals surface area contributed by atoms with Crippen molar-refractivity contribution in [2.45, 2.75) is 45.1 Å². The molecule has 3 amide bonds. The number of anilines is 1. The number of urea groups is 1. The van der Waals surface area contributed by atoms with Crippen LogP contribution in [0.4, 0.5) is 10.5 Å². The molecule has 3 N–H and O–H groups in total. The van der Waals surface area contributed by atoms with E-state index in [9.17, 15) is 9.59 Å². The van der Waals surface area contributed by atoms with E-state index in [0.717, 1.165) is 56.7 Å². The highest BCUT2D eigenvalue weighted by Gasteiger charge is 2.18. The van der Waals surface area contributed by atoms with Crippen molar-refractivity contribution in [1.82, 2.24) is 15.5 Å². The predicted octanol–water partition coefficient (Wildman–Crippen LogP) is 2.71. The Kier molecular flexibility index (Phi) is 6.89. The Labute approximate surface area is 155 Å². The highest BCUT2D eigenvalue weighted by Crippen LogP contribution is 2.18. The highest BCUT2D eigenvalue weighted by molar-refractivity contribution is 5.89. The second kappa shape index (κ2) is 9.57. The molecule has 0 unspecified atom stereocenters. The number of nitrogens with zero attached hydrogens (tertiary/aromatic N) is 1. The lowest BCUT2D eigenvalue weighted by Crippen LogP contribution is -2.32. The monoisotopic (exact) mass is 358 g/mol. The van der Waals surface area contributed by atoms with Crippen molar-refractivity contribution in [3.8, 4) is 0 Å². The van der Waals surface area contributed by atoms with Crippen LogP contribution in [0, 0.1) is 5.92 Å². The first kappa shape index (κ1) is 18.7. The second-order valence-corrected chi connectivity index (χ2v) is 7.33. The summed E-state index contributed by atoms with van der Waals surface area (Å²) < 4.78 is 0. The van der Waals surface area contributed by atoms with E-state index in [1.54, 1.807) is 0 Å². The average Bonchev–Trinajstić information content (AvgIpc) is 3.21. The van der Waals surface area contributed by atoms with Gasteiger partial charge in [0.25, 0.3) is 0 Å². The third-order valence-corrected chi connectivity index (χ3v) is 5.30. The van der Waals surface area contributed by atoms with Gasteiger partial charge in [-0.25, -0.2) is 4.79 Å². The number of carbonyl (C=O) groups is 2. The Morgan fingerprint density at radius 3 is 2.69 bits per heavy atom. The highest BCUT2D eigenvalue weighted by atomic mass is 16.2. The van der Waals surface area contributed by atoms with E-state index in [1.807, 2.05) is 29.2 Å². The van der Waals surface area contributed by atoms with Crippen molar-refractivity contribution in [1.29, 1.82) is 0 Å². The second-order valence-electron chi connectivity index (χ2n) is 7.33. The van der Waals surface area contributed by atoms with Crippen molar-refractivity contribution in [2.24, 2.45) is 5.92 Å². The number of carbonyl (C=O) groups excluding carboxylic acids is 2. The summed E-state index contributed by atoms with van der Waals surface area (Å²) in [6.07, 6.45) is 6.07. The van der Waals surface area contributed by atoms with Gasteiger partial charge in [-0.15, -0.1) is 0 Å². The van der Waals surface area contributed by atoms with Crippen molar-refractivity contribution in [2.75, 3.05) is 31.5 Å². The van der Waals surface area contributed by atoms with E-state index in [0.29, 0.717) is 18.9 Å². The van der Waals surface area contributed by atoms with Crippen LogP contribution < -0.4 is 16.0 Å². The Morgan fingerprint density at radius 2 is 1.92 bits per heavy atom. The van der Waals surface area contributed by atoms with Crippen LogP contribution in [0.5, 0.6) is 0 Å². The maximum absolute atomic E-state index is 12.2. The zero-order valence-electron chi connectivity index (χ0n) is 15.4. The van der Waals surface area contributed by atoms with E-state index >= 15 is 0 Å². The molecule has 6 nitrogen and oxygen atoms in total. The first-order chi connectivity index (χ1) is 12.7. The molecule has 26 heavy (non-hydrogen) atoms. The van der Waals surface area contributed by atoms with Gasteiger partial charge in [0.2, 0.25) is 5.91 Å². The summed E-state index contributed by atoms with van der Waals surface area (Å²) in [6, 6.07) is 7.66. The number of piperidine rings is 1. The third kappa shape index (κ3) is 5.73. The number of amides is 3. The van der Waals surface area contributed by atoms with E-state index < -0.39 is 0 Å². The quantitative estimate of drug-likeness (QED) is 0.732. The van der Waals surface area contributed by atoms with Crippen LogP contribution in [0.3, 0.4) is 0 Å². The molecule has 0 saturated carbocycles. The van der Waals surface area contributed by atoms with Crippen LogP contribution in [-0.4, -0.2) is 43.0 Å². The molecule has 2 saturated heterocycles. The molecule has 142 valence electrons. The Hall–Kier alpha value is -2.08. The van der Waals surface area contributed by atoms with Crippen LogP contribution in [0.25, 0.3) is 0 Å². The molecule has 2 aliphatic heterocycles. The minimum atomic E-state index is -0.0364. The van der Waals surface area contributed by atoms with Crippen molar-refractivity contribution in [3.05, 3.63) is 29.8 Å². The van der Waals surface area contributed by atoms with Crippen LogP contribution >= 0.6 is 0 Å². The number of hydrogen-bond acceptors (Lipinski definition) is 3. The van der Waals surface area contributed by atoms with Crippen molar-refractivity contribution < 1.29 is 9.59 Å². The fourth-order valence-corrected chi connectivity index (χ4v) is 3.68. The molecular formula is C20H30N4O2. The minimum Gasteiger partial charge on any atom is -0.352 e. The number of nitrogens with one attached hydrogen (secondary N) is 3. The molecule has 2 fully saturated rings. The lowest BCUT2D eigenvalue weighted by Gasteiger charge is -2.22. The summed E-state index contributed by atoms with van der Waals surface area (Å²) in [5.74, 6) is 0.779. The lowest BCUT2D eigenvalue weighted by atomic mass is 9.93. The molecule has 0 aromatic heterocycles. The largest absolute Gasteiger partial charge is 0.352 e. The molecule has 1 aromatic rings. The van der Waals surface area contributed by atoms with Crippen LogP contribution in [0.1, 0.15) is 44.1 Å². The maximum atomic E-state index is 12.2. The molecule has 2 heterocycles. The summed E-state index contributed by atoms with van der Waals surface area (Å²) in [6.45, 7) is 4.31. The number of rotatable bonds is 6. The van der Waals surface area contributed by atoms with Gasteiger partial charge in [0.1, 0.15) is 0 Å². The fraction of sp³-hybridized carbons (Fsp3) is 0.600. The SMILES string of the molecule is O=C(CCC1CCNCC1)NCc1cccc(NC(=O)N2CCCC2)c1. The molecule has 0 bridgehead atoms. The molecule has 0 atom stereocenters. The Balaban J connectivity index is 1.41. The summed E-state index contributed by atoms with van der Waals surface area (Å²) >= 11 is 0. The molecule has 0 radical (unpaired) electrons. The van der Waals surface area contributed by atoms with E-state index in [-0.39, 0.29) is 11.9 Å². The summed E-state index contributed by atoms with van der Waals surface area (Å²) in [4.78, 5) is 26.1. The van der Waals surface area contributed by atoms with Crippen molar-refractivity contribution >= 4 is 17.6 Å². The van der Waals surface area contributed by atoms with Gasteiger partial charge in [-0.2, -0.15) is 0 Å². The lowest BCUT2D eigenvalue weighted by molar-refractivity contribution is -0.121. The molecule has 3 rings (SSSR count). The molecule has 1 aromatic carbocycles. The number of benzene rings is 1. The topological polar surface area (TPSA) is 73.5 Å². The van der Waals surface area contributed by atoms with Crippen LogP contribution in [0.2, 0.25) is 0 Å². The predicted molar refractivity (Wildman–Crippen MR) is 103 cm³/mol. The maximum Gasteiger partial charge on any atom is 0.321 e. The average molecular weight is 358 g/mol. The van der Waals surface area contributed by atoms with Crippen molar-refractivity contribution in [3.63, 3.8) is 0 Å². The minimum absolute atomic E-state index is 0.0364. The smallest absolute Gasteiger partial charge is 0.321 e. The van der Waals surface area contributed by atoms with Gasteiger partial charge in [0, 0.05) is 31.7 Å². The van der Waals surface area contributed by atoms with Crippen LogP contribution in [0.15, 0.2) is 24.3 Å². The Bertz CT molecular complexity index is 608. The molecule has 2 aliphatic rings. The summed E-state index contributed by atoms with van der Waals surface area (Å²) in [5, 5.41) is 9.30. The Morgan fingerprint density at radius 1 is 1.15 bits per heavy atom. The van der Waals surface area contributed by atoms with Gasteiger partial charge in [-0.1, -0.05) is 12.1 Å².